The predicted octanol–water partition coefficient (Wildman–Crippen LogP) is 8.63. The van der Waals surface area contributed by atoms with E-state index in [4.69, 9.17) is 0 Å². The number of hydrogen-bond donors (Lipinski definition) is 0. The summed E-state index contributed by atoms with van der Waals surface area (Å²) in [4.78, 5) is 0. The molecule has 8 aromatic carbocycles. The zero-order valence-electron chi connectivity index (χ0n) is 16.2. The van der Waals surface area contributed by atoms with E-state index < -0.39 is 0 Å². The van der Waals surface area contributed by atoms with Crippen LogP contribution in [0, 0.1) is 0 Å². The van der Waals surface area contributed by atoms with Gasteiger partial charge in [-0.1, -0.05) is 84.9 Å². The monoisotopic (exact) mass is 376 g/mol. The summed E-state index contributed by atoms with van der Waals surface area (Å²) >= 11 is 0. The van der Waals surface area contributed by atoms with E-state index >= 15 is 0 Å². The highest BCUT2D eigenvalue weighted by molar-refractivity contribution is 6.44. The van der Waals surface area contributed by atoms with Gasteiger partial charge in [0.2, 0.25) is 0 Å². The molecule has 0 aromatic heterocycles. The molecule has 0 fully saturated rings. The highest BCUT2D eigenvalue weighted by Crippen LogP contribution is 2.48. The molecule has 0 atom stereocenters. The van der Waals surface area contributed by atoms with Gasteiger partial charge in [0, 0.05) is 0 Å². The van der Waals surface area contributed by atoms with Crippen molar-refractivity contribution in [1.29, 1.82) is 0 Å². The molecule has 0 aliphatic heterocycles. The van der Waals surface area contributed by atoms with Crippen molar-refractivity contribution in [2.24, 2.45) is 0 Å². The van der Waals surface area contributed by atoms with Crippen LogP contribution in [0.2, 0.25) is 0 Å². The number of fused-ring (bicyclic) bond motifs is 5. The quantitative estimate of drug-likeness (QED) is 0.183. The molecule has 30 heavy (non-hydrogen) atoms. The van der Waals surface area contributed by atoms with Crippen LogP contribution >= 0.6 is 0 Å². The minimum absolute atomic E-state index is 1.30. The summed E-state index contributed by atoms with van der Waals surface area (Å²) in [5, 5.41) is 19.1. The van der Waals surface area contributed by atoms with E-state index in [9.17, 15) is 0 Å². The maximum Gasteiger partial charge on any atom is -0.000763 e. The van der Waals surface area contributed by atoms with Crippen molar-refractivity contribution in [2.45, 2.75) is 0 Å². The molecular formula is C30H16. The molecule has 0 bridgehead atoms. The average molecular weight is 376 g/mol. The normalized spacial score (nSPS) is 12.7. The summed E-state index contributed by atoms with van der Waals surface area (Å²) in [5.74, 6) is 0. The highest BCUT2D eigenvalue weighted by atomic mass is 14.2. The molecule has 136 valence electrons. The van der Waals surface area contributed by atoms with Crippen molar-refractivity contribution >= 4 is 75.4 Å². The van der Waals surface area contributed by atoms with Gasteiger partial charge in [-0.2, -0.15) is 0 Å². The van der Waals surface area contributed by atoms with Crippen molar-refractivity contribution < 1.29 is 0 Å². The lowest BCUT2D eigenvalue weighted by molar-refractivity contribution is 1.79. The third kappa shape index (κ3) is 1.62. The summed E-state index contributed by atoms with van der Waals surface area (Å²) in [6.07, 6.45) is 0. The van der Waals surface area contributed by atoms with E-state index in [1.807, 2.05) is 0 Å². The van der Waals surface area contributed by atoms with Gasteiger partial charge in [0.1, 0.15) is 0 Å². The Morgan fingerprint density at radius 1 is 0.267 bits per heavy atom. The van der Waals surface area contributed by atoms with Crippen LogP contribution < -0.4 is 0 Å². The Labute approximate surface area is 172 Å². The molecule has 0 amide bonds. The van der Waals surface area contributed by atoms with Gasteiger partial charge in [0.25, 0.3) is 0 Å². The number of hydrogen-bond acceptors (Lipinski definition) is 0. The van der Waals surface area contributed by atoms with Gasteiger partial charge in [-0.25, -0.2) is 0 Å². The van der Waals surface area contributed by atoms with Gasteiger partial charge >= 0.3 is 0 Å². The smallest absolute Gasteiger partial charge is 0.000763 e. The minimum atomic E-state index is 1.30. The first-order valence-corrected chi connectivity index (χ1v) is 10.5. The lowest BCUT2D eigenvalue weighted by atomic mass is 9.83. The standard InChI is InChI=1S/C30H16/c1-2-6-20-16-26-24-14-12-18-8-4-10-22-21-9-3-7-17-11-13-23(25(26)15-19(20)5-1)29(27(17)21)30(24)28(18)22/h1-16H. The molecule has 0 radical (unpaired) electrons. The van der Waals surface area contributed by atoms with E-state index in [0.29, 0.717) is 0 Å². The molecule has 0 saturated heterocycles. The van der Waals surface area contributed by atoms with Gasteiger partial charge < -0.3 is 0 Å². The number of rotatable bonds is 0. The summed E-state index contributed by atoms with van der Waals surface area (Å²) < 4.78 is 0. The predicted molar refractivity (Wildman–Crippen MR) is 131 cm³/mol. The maximum absolute atomic E-state index is 2.39. The Morgan fingerprint density at radius 2 is 0.700 bits per heavy atom. The molecular weight excluding hydrogens is 360 g/mol. The molecule has 0 N–H and O–H groups in total. The highest BCUT2D eigenvalue weighted by Gasteiger charge is 2.19. The van der Waals surface area contributed by atoms with Crippen LogP contribution in [0.3, 0.4) is 0 Å². The fraction of sp³-hybridized carbons (Fsp3) is 0. The zero-order valence-corrected chi connectivity index (χ0v) is 16.2. The first-order valence-electron chi connectivity index (χ1n) is 10.5. The van der Waals surface area contributed by atoms with Gasteiger partial charge in [-0.05, 0) is 87.5 Å². The Bertz CT molecular complexity index is 1800. The molecule has 0 nitrogen and oxygen atoms in total. The Hall–Kier alpha value is -3.90. The third-order valence-corrected chi connectivity index (χ3v) is 7.10. The van der Waals surface area contributed by atoms with Crippen LogP contribution in [0.1, 0.15) is 0 Å². The molecule has 8 aromatic rings. The van der Waals surface area contributed by atoms with Gasteiger partial charge in [0.15, 0.2) is 0 Å². The van der Waals surface area contributed by atoms with E-state index in [-0.39, 0.29) is 0 Å². The first-order chi connectivity index (χ1) is 14.9. The third-order valence-electron chi connectivity index (χ3n) is 7.10. The molecule has 0 saturated carbocycles. The Morgan fingerprint density at radius 3 is 1.20 bits per heavy atom. The summed E-state index contributed by atoms with van der Waals surface area (Å²) in [7, 11) is 0. The lowest BCUT2D eigenvalue weighted by Gasteiger charge is -2.20. The van der Waals surface area contributed by atoms with Gasteiger partial charge in [0.05, 0.1) is 0 Å². The molecule has 0 spiro atoms. The van der Waals surface area contributed by atoms with Crippen LogP contribution in [0.5, 0.6) is 0 Å². The average Bonchev–Trinajstić information content (AvgIpc) is 2.81. The summed E-state index contributed by atoms with van der Waals surface area (Å²) in [6.45, 7) is 0. The number of benzene rings is 8. The molecule has 8 rings (SSSR count). The minimum Gasteiger partial charge on any atom is -0.0616 e. The van der Waals surface area contributed by atoms with Gasteiger partial charge in [-0.3, -0.25) is 0 Å². The molecule has 0 aliphatic carbocycles. The SMILES string of the molecule is c1ccc2cc3c(cc2c1)c1ccc2cccc4c5cccc6ccc3c(c65)c1c24. The fourth-order valence-corrected chi connectivity index (χ4v) is 5.86. The Balaban J connectivity index is 1.85. The van der Waals surface area contributed by atoms with Crippen molar-refractivity contribution in [3.8, 4) is 0 Å². The van der Waals surface area contributed by atoms with E-state index in [2.05, 4.69) is 97.1 Å². The van der Waals surface area contributed by atoms with Crippen LogP contribution in [0.4, 0.5) is 0 Å². The summed E-state index contributed by atoms with van der Waals surface area (Å²) in [6, 6.07) is 36.3. The zero-order chi connectivity index (χ0) is 19.4. The van der Waals surface area contributed by atoms with Crippen LogP contribution in [-0.2, 0) is 0 Å². The van der Waals surface area contributed by atoms with E-state index in [1.165, 1.54) is 75.4 Å². The second kappa shape index (κ2) is 4.98. The van der Waals surface area contributed by atoms with Crippen molar-refractivity contribution in [3.05, 3.63) is 97.1 Å². The Kier molecular flexibility index (Phi) is 2.49. The van der Waals surface area contributed by atoms with Crippen LogP contribution in [0.15, 0.2) is 97.1 Å². The second-order valence-corrected chi connectivity index (χ2v) is 8.53. The first kappa shape index (κ1) is 15.0. The van der Waals surface area contributed by atoms with Crippen molar-refractivity contribution in [3.63, 3.8) is 0 Å². The molecule has 0 aliphatic rings. The largest absolute Gasteiger partial charge is 0.0616 e. The lowest BCUT2D eigenvalue weighted by Crippen LogP contribution is -1.91. The van der Waals surface area contributed by atoms with E-state index in [0.717, 1.165) is 0 Å². The molecule has 0 heteroatoms. The fourth-order valence-electron chi connectivity index (χ4n) is 5.86. The second-order valence-electron chi connectivity index (χ2n) is 8.53. The summed E-state index contributed by atoms with van der Waals surface area (Å²) in [5.41, 5.74) is 0. The maximum atomic E-state index is 2.39. The van der Waals surface area contributed by atoms with Crippen molar-refractivity contribution in [1.82, 2.24) is 0 Å². The van der Waals surface area contributed by atoms with Crippen LogP contribution in [0.25, 0.3) is 75.4 Å². The topological polar surface area (TPSA) is 0 Å². The van der Waals surface area contributed by atoms with Gasteiger partial charge in [-0.15, -0.1) is 0 Å². The van der Waals surface area contributed by atoms with Crippen LogP contribution in [-0.4, -0.2) is 0 Å². The van der Waals surface area contributed by atoms with Crippen molar-refractivity contribution in [2.75, 3.05) is 0 Å². The molecule has 0 unspecified atom stereocenters. The van der Waals surface area contributed by atoms with E-state index in [1.54, 1.807) is 0 Å². The molecule has 0 heterocycles.